The summed E-state index contributed by atoms with van der Waals surface area (Å²) in [5.41, 5.74) is 0.379. The summed E-state index contributed by atoms with van der Waals surface area (Å²) in [6, 6.07) is 8.09. The van der Waals surface area contributed by atoms with Gasteiger partial charge in [-0.25, -0.2) is 0 Å². The van der Waals surface area contributed by atoms with Gasteiger partial charge in [0.25, 0.3) is 0 Å². The van der Waals surface area contributed by atoms with E-state index in [1.807, 2.05) is 45.0 Å². The lowest BCUT2D eigenvalue weighted by molar-refractivity contribution is -0.165. The van der Waals surface area contributed by atoms with E-state index in [0.717, 1.165) is 37.0 Å². The fraction of sp³-hybridized carbons (Fsp3) is 0.774. The maximum atomic E-state index is 13.7. The normalized spacial score (nSPS) is 20.7. The van der Waals surface area contributed by atoms with E-state index in [0.29, 0.717) is 5.75 Å². The minimum absolute atomic E-state index is 0.0983. The Bertz CT molecular complexity index is 746. The predicted molar refractivity (Wildman–Crippen MR) is 149 cm³/mol. The fourth-order valence-corrected chi connectivity index (χ4v) is 7.32. The average molecular weight is 505 g/mol. The zero-order chi connectivity index (χ0) is 25.7. The predicted octanol–water partition coefficient (Wildman–Crippen LogP) is 8.93. The van der Waals surface area contributed by atoms with Crippen molar-refractivity contribution in [2.75, 3.05) is 5.75 Å². The molecule has 1 aromatic rings. The molecule has 0 saturated heterocycles. The van der Waals surface area contributed by atoms with Crippen LogP contribution in [0.5, 0.6) is 0 Å². The molecule has 0 aliphatic heterocycles. The van der Waals surface area contributed by atoms with Crippen LogP contribution in [0.15, 0.2) is 29.2 Å². The zero-order valence-electron chi connectivity index (χ0n) is 23.3. The van der Waals surface area contributed by atoms with Crippen LogP contribution < -0.4 is 0 Å². The number of hydrogen-bond acceptors (Lipinski definition) is 3. The number of hydrogen-bond donors (Lipinski definition) is 0. The molecule has 4 heteroatoms. The molecule has 2 atom stereocenters. The summed E-state index contributed by atoms with van der Waals surface area (Å²) in [5, 5.41) is 0. The molecular weight excluding hydrogens is 452 g/mol. The highest BCUT2D eigenvalue weighted by molar-refractivity contribution is 7.85. The molecule has 1 aliphatic carbocycles. The maximum Gasteiger partial charge on any atom is 0.310 e. The molecule has 1 unspecified atom stereocenters. The number of ether oxygens (including phenoxy) is 1. The zero-order valence-corrected chi connectivity index (χ0v) is 24.1. The Morgan fingerprint density at radius 2 is 1.29 bits per heavy atom. The standard InChI is InChI=1S/C31H52O3S/c1-6-28(29(32)34-30(3,4)5)31(25-35(33)27-21-19-26(2)20-22-27)23-17-15-13-11-9-7-8-10-12-14-16-18-24-31/h19-22,28H,6-18,23-25H2,1-5H3/t28-,35?/m0/s1. The van der Waals surface area contributed by atoms with Gasteiger partial charge < -0.3 is 4.74 Å². The minimum atomic E-state index is -1.14. The van der Waals surface area contributed by atoms with Crippen molar-refractivity contribution < 1.29 is 13.7 Å². The van der Waals surface area contributed by atoms with Crippen LogP contribution in [0, 0.1) is 18.3 Å². The van der Waals surface area contributed by atoms with Crippen LogP contribution in [0.1, 0.15) is 130 Å². The van der Waals surface area contributed by atoms with Crippen LogP contribution in [-0.2, 0) is 20.3 Å². The number of aryl methyl sites for hydroxylation is 1. The highest BCUT2D eigenvalue weighted by Crippen LogP contribution is 2.44. The van der Waals surface area contributed by atoms with E-state index >= 15 is 0 Å². The van der Waals surface area contributed by atoms with E-state index in [1.165, 1.54) is 69.8 Å². The van der Waals surface area contributed by atoms with Crippen molar-refractivity contribution in [3.8, 4) is 0 Å². The van der Waals surface area contributed by atoms with Gasteiger partial charge in [0.15, 0.2) is 0 Å². The number of carbonyl (C=O) groups excluding carboxylic acids is 1. The third-order valence-corrected chi connectivity index (χ3v) is 9.28. The van der Waals surface area contributed by atoms with Crippen LogP contribution in [0.4, 0.5) is 0 Å². The van der Waals surface area contributed by atoms with Gasteiger partial charge in [-0.05, 0) is 64.5 Å². The molecule has 0 heterocycles. The second kappa shape index (κ2) is 15.2. The summed E-state index contributed by atoms with van der Waals surface area (Å²) in [7, 11) is -1.14. The first-order chi connectivity index (χ1) is 16.7. The highest BCUT2D eigenvalue weighted by atomic mass is 32.2. The van der Waals surface area contributed by atoms with Gasteiger partial charge in [-0.3, -0.25) is 9.00 Å². The molecule has 1 aromatic carbocycles. The van der Waals surface area contributed by atoms with Crippen LogP contribution in [0.2, 0.25) is 0 Å². The molecule has 35 heavy (non-hydrogen) atoms. The van der Waals surface area contributed by atoms with Gasteiger partial charge in [0, 0.05) is 10.6 Å². The van der Waals surface area contributed by atoms with Crippen LogP contribution in [0.3, 0.4) is 0 Å². The molecule has 0 aromatic heterocycles. The van der Waals surface area contributed by atoms with Crippen molar-refractivity contribution in [3.05, 3.63) is 29.8 Å². The van der Waals surface area contributed by atoms with Crippen molar-refractivity contribution in [3.63, 3.8) is 0 Å². The van der Waals surface area contributed by atoms with Crippen LogP contribution in [0.25, 0.3) is 0 Å². The Balaban J connectivity index is 2.35. The van der Waals surface area contributed by atoms with Gasteiger partial charge in [-0.1, -0.05) is 102 Å². The Hall–Kier alpha value is -1.16. The lowest BCUT2D eigenvalue weighted by Crippen LogP contribution is -2.43. The van der Waals surface area contributed by atoms with Crippen LogP contribution in [-0.4, -0.2) is 21.5 Å². The van der Waals surface area contributed by atoms with Crippen molar-refractivity contribution in [1.29, 1.82) is 0 Å². The van der Waals surface area contributed by atoms with E-state index in [1.54, 1.807) is 0 Å². The molecule has 1 aliphatic rings. The van der Waals surface area contributed by atoms with Gasteiger partial charge in [-0.2, -0.15) is 0 Å². The summed E-state index contributed by atoms with van der Waals surface area (Å²) < 4.78 is 19.7. The molecule has 0 spiro atoms. The topological polar surface area (TPSA) is 43.4 Å². The Labute approximate surface area is 218 Å². The lowest BCUT2D eigenvalue weighted by atomic mass is 9.68. The molecule has 0 bridgehead atoms. The third-order valence-electron chi connectivity index (χ3n) is 7.64. The second-order valence-electron chi connectivity index (χ2n) is 11.9. The molecule has 2 rings (SSSR count). The van der Waals surface area contributed by atoms with Gasteiger partial charge in [0.2, 0.25) is 0 Å². The smallest absolute Gasteiger partial charge is 0.310 e. The number of benzene rings is 1. The van der Waals surface area contributed by atoms with Gasteiger partial charge in [-0.15, -0.1) is 0 Å². The lowest BCUT2D eigenvalue weighted by Gasteiger charge is -2.40. The SMILES string of the molecule is CC[C@@H](C(=O)OC(C)(C)C)C1(CS(=O)c2ccc(C)cc2)CCCCCCCCCCCCCC1. The number of carbonyl (C=O) groups is 1. The van der Waals surface area contributed by atoms with E-state index in [4.69, 9.17) is 4.74 Å². The molecule has 0 radical (unpaired) electrons. The Kier molecular flexibility index (Phi) is 13.0. The van der Waals surface area contributed by atoms with E-state index in [-0.39, 0.29) is 17.3 Å². The van der Waals surface area contributed by atoms with Crippen molar-refractivity contribution >= 4 is 16.8 Å². The Morgan fingerprint density at radius 3 is 1.69 bits per heavy atom. The first kappa shape index (κ1) is 30.1. The van der Waals surface area contributed by atoms with Gasteiger partial charge >= 0.3 is 5.97 Å². The quantitative estimate of drug-likeness (QED) is 0.363. The minimum Gasteiger partial charge on any atom is -0.460 e. The summed E-state index contributed by atoms with van der Waals surface area (Å²) in [6.07, 6.45) is 17.8. The van der Waals surface area contributed by atoms with Crippen molar-refractivity contribution in [1.82, 2.24) is 0 Å². The van der Waals surface area contributed by atoms with Crippen LogP contribution >= 0.6 is 0 Å². The second-order valence-corrected chi connectivity index (χ2v) is 13.4. The monoisotopic (exact) mass is 504 g/mol. The molecule has 0 N–H and O–H groups in total. The summed E-state index contributed by atoms with van der Waals surface area (Å²) in [4.78, 5) is 14.4. The summed E-state index contributed by atoms with van der Waals surface area (Å²) >= 11 is 0. The first-order valence-corrected chi connectivity index (χ1v) is 15.7. The molecule has 0 amide bonds. The molecule has 1 fully saturated rings. The summed E-state index contributed by atoms with van der Waals surface area (Å²) in [6.45, 7) is 10.0. The molecule has 3 nitrogen and oxygen atoms in total. The maximum absolute atomic E-state index is 13.7. The fourth-order valence-electron chi connectivity index (χ4n) is 5.70. The van der Waals surface area contributed by atoms with Crippen molar-refractivity contribution in [2.24, 2.45) is 11.3 Å². The first-order valence-electron chi connectivity index (χ1n) is 14.3. The number of rotatable bonds is 6. The molecule has 1 saturated carbocycles. The van der Waals surface area contributed by atoms with Gasteiger partial charge in [0.05, 0.1) is 16.7 Å². The Morgan fingerprint density at radius 1 is 0.857 bits per heavy atom. The van der Waals surface area contributed by atoms with E-state index in [9.17, 15) is 9.00 Å². The largest absolute Gasteiger partial charge is 0.460 e. The summed E-state index contributed by atoms with van der Waals surface area (Å²) in [5.74, 6) is 0.235. The van der Waals surface area contributed by atoms with E-state index in [2.05, 4.69) is 13.8 Å². The number of esters is 1. The van der Waals surface area contributed by atoms with E-state index < -0.39 is 16.4 Å². The third kappa shape index (κ3) is 10.8. The van der Waals surface area contributed by atoms with Crippen molar-refractivity contribution in [2.45, 2.75) is 141 Å². The highest BCUT2D eigenvalue weighted by Gasteiger charge is 2.44. The molecular formula is C31H52O3S. The molecule has 200 valence electrons. The van der Waals surface area contributed by atoms with Gasteiger partial charge in [0.1, 0.15) is 5.60 Å². The average Bonchev–Trinajstić information content (AvgIpc) is 2.79.